The van der Waals surface area contributed by atoms with Crippen LogP contribution >= 0.6 is 0 Å². The number of likely N-dealkylation sites (N-methyl/N-ethyl adjacent to an activating group) is 1. The van der Waals surface area contributed by atoms with E-state index in [1.165, 1.54) is 0 Å². The summed E-state index contributed by atoms with van der Waals surface area (Å²) >= 11 is 0. The van der Waals surface area contributed by atoms with Crippen molar-refractivity contribution in [2.45, 2.75) is 43.9 Å². The molecule has 0 unspecified atom stereocenters. The summed E-state index contributed by atoms with van der Waals surface area (Å²) in [5.41, 5.74) is -0.642. The van der Waals surface area contributed by atoms with Crippen LogP contribution in [0.4, 0.5) is 19.1 Å². The fourth-order valence-corrected chi connectivity index (χ4v) is 6.15. The number of aromatic nitrogens is 4. The maximum atomic E-state index is 14.1. The number of piperazine rings is 1. The Balaban J connectivity index is 1.11. The molecule has 1 aliphatic heterocycles. The second kappa shape index (κ2) is 10.0. The maximum Gasteiger partial charge on any atom is 0.276 e. The predicted octanol–water partition coefficient (Wildman–Crippen LogP) is 3.42. The number of fused-ring (bicyclic) bond motifs is 3. The molecule has 3 saturated carbocycles. The fourth-order valence-electron chi connectivity index (χ4n) is 6.15. The van der Waals surface area contributed by atoms with Gasteiger partial charge in [-0.05, 0) is 63.1 Å². The van der Waals surface area contributed by atoms with Crippen molar-refractivity contribution >= 4 is 11.9 Å². The summed E-state index contributed by atoms with van der Waals surface area (Å²) in [5.74, 6) is -5.46. The van der Waals surface area contributed by atoms with Gasteiger partial charge in [-0.3, -0.25) is 4.79 Å². The highest BCUT2D eigenvalue weighted by Crippen LogP contribution is 2.57. The zero-order valence-electron chi connectivity index (χ0n) is 22.1. The van der Waals surface area contributed by atoms with E-state index >= 15 is 0 Å². The number of hydrogen-bond acceptors (Lipinski definition) is 9. The summed E-state index contributed by atoms with van der Waals surface area (Å²) in [7, 11) is 2.09. The van der Waals surface area contributed by atoms with Crippen molar-refractivity contribution in [3.63, 3.8) is 0 Å². The van der Waals surface area contributed by atoms with E-state index in [9.17, 15) is 23.1 Å². The number of carbonyl (C=O) groups is 1. The molecule has 4 aliphatic rings. The van der Waals surface area contributed by atoms with Crippen LogP contribution in [0.1, 0.15) is 54.7 Å². The van der Waals surface area contributed by atoms with Gasteiger partial charge in [-0.25, -0.2) is 18.7 Å². The molecule has 3 heterocycles. The number of nitrogens with one attached hydrogen (secondary N) is 1. The molecule has 2 bridgehead atoms. The van der Waals surface area contributed by atoms with Crippen molar-refractivity contribution in [3.05, 3.63) is 47.2 Å². The second-order valence-electron chi connectivity index (χ2n) is 11.3. The lowest BCUT2D eigenvalue weighted by molar-refractivity contribution is 0.0334. The van der Waals surface area contributed by atoms with Crippen LogP contribution in [0.15, 0.2) is 22.9 Å². The number of phenols is 1. The van der Waals surface area contributed by atoms with Crippen LogP contribution in [-0.2, 0) is 5.41 Å². The number of amides is 1. The highest BCUT2D eigenvalue weighted by molar-refractivity contribution is 5.94. The van der Waals surface area contributed by atoms with E-state index in [4.69, 9.17) is 9.51 Å². The van der Waals surface area contributed by atoms with Crippen LogP contribution in [0.5, 0.6) is 5.75 Å². The van der Waals surface area contributed by atoms with Crippen LogP contribution in [-0.4, -0.2) is 75.8 Å². The van der Waals surface area contributed by atoms with Crippen LogP contribution in [0, 0.1) is 22.9 Å². The molecule has 0 radical (unpaired) electrons. The molecule has 7 rings (SSSR count). The first-order valence-electron chi connectivity index (χ1n) is 13.4. The molecule has 3 aromatic rings. The lowest BCUT2D eigenvalue weighted by atomic mass is 9.53. The van der Waals surface area contributed by atoms with Crippen LogP contribution in [0.2, 0.25) is 0 Å². The summed E-state index contributed by atoms with van der Waals surface area (Å²) in [6, 6.07) is 2.27. The van der Waals surface area contributed by atoms with E-state index in [0.29, 0.717) is 29.4 Å². The molecule has 2 aromatic heterocycles. The normalized spacial score (nSPS) is 24.9. The lowest BCUT2D eigenvalue weighted by Gasteiger charge is -2.52. The Kier molecular flexibility index (Phi) is 6.64. The van der Waals surface area contributed by atoms with Gasteiger partial charge in [0.15, 0.2) is 23.2 Å². The highest BCUT2D eigenvalue weighted by atomic mass is 19.2. The largest absolute Gasteiger partial charge is 0.503 e. The first-order valence-corrected chi connectivity index (χ1v) is 13.4. The van der Waals surface area contributed by atoms with Gasteiger partial charge in [-0.2, -0.15) is 9.37 Å². The van der Waals surface area contributed by atoms with Gasteiger partial charge < -0.3 is 24.7 Å². The standard InChI is InChI=1S/C27H30F3N7O3/c1-36-10-12-37(13-11-36)25-31-9-2-18(33-25)23-34-24(35-40-23)27-6-3-26(4-7-27,5-8-27)15-32-22(39)16-14-17(28)21(38)20(30)19(16)29/h2,9,14,38H,3-8,10-13,15H2,1H3,(H,32,39)/t26-,27+. The number of halogens is 3. The van der Waals surface area contributed by atoms with E-state index in [-0.39, 0.29) is 17.4 Å². The molecule has 0 spiro atoms. The van der Waals surface area contributed by atoms with Crippen molar-refractivity contribution in [1.82, 2.24) is 30.3 Å². The number of rotatable bonds is 6. The van der Waals surface area contributed by atoms with Crippen molar-refractivity contribution in [2.24, 2.45) is 5.41 Å². The Morgan fingerprint density at radius 1 is 1.05 bits per heavy atom. The van der Waals surface area contributed by atoms with Crippen molar-refractivity contribution in [2.75, 3.05) is 44.7 Å². The summed E-state index contributed by atoms with van der Waals surface area (Å²) in [5, 5.41) is 16.2. The molecule has 1 aromatic carbocycles. The summed E-state index contributed by atoms with van der Waals surface area (Å²) in [4.78, 5) is 30.8. The molecule has 4 fully saturated rings. The maximum absolute atomic E-state index is 14.1. The molecule has 1 amide bonds. The van der Waals surface area contributed by atoms with E-state index in [2.05, 4.69) is 37.3 Å². The topological polar surface area (TPSA) is 121 Å². The average molecular weight is 558 g/mol. The molecule has 10 nitrogen and oxygen atoms in total. The third kappa shape index (κ3) is 4.65. The molecule has 1 saturated heterocycles. The third-order valence-electron chi connectivity index (χ3n) is 8.95. The Labute approximate surface area is 228 Å². The minimum Gasteiger partial charge on any atom is -0.503 e. The number of anilines is 1. The number of carbonyl (C=O) groups excluding carboxylic acids is 1. The smallest absolute Gasteiger partial charge is 0.276 e. The lowest BCUT2D eigenvalue weighted by Crippen LogP contribution is -2.49. The zero-order valence-corrected chi connectivity index (χ0v) is 22.1. The second-order valence-corrected chi connectivity index (χ2v) is 11.3. The molecule has 13 heteroatoms. The molecular weight excluding hydrogens is 527 g/mol. The van der Waals surface area contributed by atoms with Crippen molar-refractivity contribution in [3.8, 4) is 17.3 Å². The molecule has 0 atom stereocenters. The summed E-state index contributed by atoms with van der Waals surface area (Å²) in [6.07, 6.45) is 6.39. The Morgan fingerprint density at radius 2 is 1.75 bits per heavy atom. The average Bonchev–Trinajstić information content (AvgIpc) is 3.50. The van der Waals surface area contributed by atoms with E-state index in [0.717, 1.165) is 64.7 Å². The highest BCUT2D eigenvalue weighted by Gasteiger charge is 2.51. The first kappa shape index (κ1) is 26.5. The predicted molar refractivity (Wildman–Crippen MR) is 137 cm³/mol. The molecule has 40 heavy (non-hydrogen) atoms. The Morgan fingerprint density at radius 3 is 2.45 bits per heavy atom. The molecule has 212 valence electrons. The molecular formula is C27H30F3N7O3. The minimum atomic E-state index is -1.78. The molecule has 2 N–H and O–H groups in total. The fraction of sp³-hybridized carbons (Fsp3) is 0.519. The van der Waals surface area contributed by atoms with Gasteiger partial charge in [0.05, 0.1) is 5.56 Å². The SMILES string of the molecule is CN1CCN(c2nccc(-c3nc([C@]45CC[C@](CNC(=O)c6cc(F)c(O)c(F)c6F)(CC4)CC5)no3)n2)CC1. The van der Waals surface area contributed by atoms with Gasteiger partial charge in [-0.15, -0.1) is 0 Å². The van der Waals surface area contributed by atoms with Gasteiger partial charge in [0.2, 0.25) is 11.8 Å². The Bertz CT molecular complexity index is 1420. The van der Waals surface area contributed by atoms with Gasteiger partial charge in [0.1, 0.15) is 5.69 Å². The van der Waals surface area contributed by atoms with Crippen LogP contribution in [0.3, 0.4) is 0 Å². The van der Waals surface area contributed by atoms with Gasteiger partial charge in [0.25, 0.3) is 11.8 Å². The van der Waals surface area contributed by atoms with Crippen molar-refractivity contribution < 1.29 is 27.6 Å². The minimum absolute atomic E-state index is 0.210. The van der Waals surface area contributed by atoms with Crippen LogP contribution < -0.4 is 10.2 Å². The summed E-state index contributed by atoms with van der Waals surface area (Å²) in [6.45, 7) is 3.82. The van der Waals surface area contributed by atoms with Gasteiger partial charge in [0, 0.05) is 44.3 Å². The number of nitrogens with zero attached hydrogens (tertiary/aromatic N) is 6. The number of phenolic OH excluding ortho intramolecular Hbond substituents is 1. The first-order chi connectivity index (χ1) is 19.2. The third-order valence-corrected chi connectivity index (χ3v) is 8.95. The summed E-state index contributed by atoms with van der Waals surface area (Å²) < 4.78 is 47.2. The van der Waals surface area contributed by atoms with Crippen molar-refractivity contribution in [1.29, 1.82) is 0 Å². The van der Waals surface area contributed by atoms with E-state index in [1.807, 2.05) is 0 Å². The number of hydrogen-bond donors (Lipinski definition) is 2. The Hall–Kier alpha value is -3.74. The van der Waals surface area contributed by atoms with Gasteiger partial charge in [-0.1, -0.05) is 5.16 Å². The van der Waals surface area contributed by atoms with E-state index < -0.39 is 34.7 Å². The molecule has 3 aliphatic carbocycles. The monoisotopic (exact) mass is 557 g/mol. The zero-order chi connectivity index (χ0) is 28.1. The van der Waals surface area contributed by atoms with Crippen LogP contribution in [0.25, 0.3) is 11.6 Å². The number of benzene rings is 1. The number of aromatic hydroxyl groups is 1. The van der Waals surface area contributed by atoms with Gasteiger partial charge >= 0.3 is 0 Å². The quantitative estimate of drug-likeness (QED) is 0.439. The van der Waals surface area contributed by atoms with E-state index in [1.54, 1.807) is 12.3 Å².